The van der Waals surface area contributed by atoms with Crippen molar-refractivity contribution in [2.24, 2.45) is 0 Å². The van der Waals surface area contributed by atoms with Crippen molar-refractivity contribution in [1.82, 2.24) is 15.1 Å². The van der Waals surface area contributed by atoms with E-state index in [1.165, 1.54) is 12.3 Å². The highest BCUT2D eigenvalue weighted by Gasteiger charge is 2.24. The van der Waals surface area contributed by atoms with Crippen LogP contribution in [0.25, 0.3) is 0 Å². The van der Waals surface area contributed by atoms with Gasteiger partial charge in [-0.1, -0.05) is 0 Å². The number of hydrogen-bond donors (Lipinski definition) is 2. The molecule has 0 radical (unpaired) electrons. The van der Waals surface area contributed by atoms with Crippen molar-refractivity contribution in [3.05, 3.63) is 50.9 Å². The predicted octanol–water partition coefficient (Wildman–Crippen LogP) is 2.29. The molecule has 2 heterocycles. The lowest BCUT2D eigenvalue weighted by Crippen LogP contribution is -2.44. The number of rotatable bonds is 5. The molecule has 2 aromatic rings. The van der Waals surface area contributed by atoms with Gasteiger partial charge >= 0.3 is 0 Å². The number of ether oxygens (including phenoxy) is 1. The number of hydrogen-bond acceptors (Lipinski definition) is 5. The molecule has 0 atom stereocenters. The van der Waals surface area contributed by atoms with Crippen molar-refractivity contribution in [1.29, 1.82) is 0 Å². The molecule has 0 saturated carbocycles. The first-order valence-electron chi connectivity index (χ1n) is 8.30. The van der Waals surface area contributed by atoms with E-state index in [0.29, 0.717) is 30.4 Å². The summed E-state index contributed by atoms with van der Waals surface area (Å²) >= 11 is 3.15. The van der Waals surface area contributed by atoms with Crippen LogP contribution in [0.3, 0.4) is 0 Å². The molecule has 0 bridgehead atoms. The smallest absolute Gasteiger partial charge is 0.287 e. The number of halogens is 3. The number of benzene rings is 1. The van der Waals surface area contributed by atoms with Gasteiger partial charge in [0.25, 0.3) is 5.56 Å². The van der Waals surface area contributed by atoms with Gasteiger partial charge in [-0.15, -0.1) is 0 Å². The Hall–Kier alpha value is -2.49. The van der Waals surface area contributed by atoms with E-state index < -0.39 is 17.2 Å². The van der Waals surface area contributed by atoms with Crippen LogP contribution in [0.1, 0.15) is 12.8 Å². The average Bonchev–Trinajstić information content (AvgIpc) is 2.66. The van der Waals surface area contributed by atoms with E-state index in [0.717, 1.165) is 12.1 Å². The molecule has 1 amide bonds. The molecule has 27 heavy (non-hydrogen) atoms. The minimum absolute atomic E-state index is 0.00661. The Bertz CT molecular complexity index is 885. The summed E-state index contributed by atoms with van der Waals surface area (Å²) in [6.07, 6.45) is 2.35. The van der Waals surface area contributed by atoms with Gasteiger partial charge in [-0.05, 0) is 28.1 Å². The molecule has 0 unspecified atom stereocenters. The maximum atomic E-state index is 13.4. The van der Waals surface area contributed by atoms with Gasteiger partial charge in [0, 0.05) is 38.2 Å². The van der Waals surface area contributed by atoms with Crippen molar-refractivity contribution < 1.29 is 18.3 Å². The predicted molar refractivity (Wildman–Crippen MR) is 97.6 cm³/mol. The topological polar surface area (TPSA) is 87.3 Å². The summed E-state index contributed by atoms with van der Waals surface area (Å²) in [5.74, 6) is -1.83. The Balaban J connectivity index is 1.50. The Kier molecular flexibility index (Phi) is 6.04. The number of piperidine rings is 1. The minimum Gasteiger partial charge on any atom is -0.489 e. The largest absolute Gasteiger partial charge is 0.489 e. The molecule has 3 rings (SSSR count). The van der Waals surface area contributed by atoms with Crippen LogP contribution in [-0.4, -0.2) is 46.7 Å². The highest BCUT2D eigenvalue weighted by Crippen LogP contribution is 2.30. The van der Waals surface area contributed by atoms with Gasteiger partial charge in [0.05, 0.1) is 11.0 Å². The number of H-pyrrole nitrogens is 1. The van der Waals surface area contributed by atoms with Gasteiger partial charge in [-0.2, -0.15) is 5.10 Å². The molecule has 1 fully saturated rings. The van der Waals surface area contributed by atoms with Gasteiger partial charge in [0.15, 0.2) is 11.6 Å². The number of nitrogens with zero attached hydrogens (tertiary/aromatic N) is 2. The van der Waals surface area contributed by atoms with E-state index in [2.05, 4.69) is 31.4 Å². The molecular weight excluding hydrogens is 426 g/mol. The zero-order chi connectivity index (χ0) is 19.4. The monoisotopic (exact) mass is 442 g/mol. The summed E-state index contributed by atoms with van der Waals surface area (Å²) < 4.78 is 32.6. The number of anilines is 1. The SMILES string of the molecule is O=C(CNc1ccn[nH]c1=O)N1CCC(Oc2cc(F)c(F)cc2Br)CC1. The van der Waals surface area contributed by atoms with Crippen molar-refractivity contribution in [3.8, 4) is 5.75 Å². The third-order valence-corrected chi connectivity index (χ3v) is 4.84. The van der Waals surface area contributed by atoms with Gasteiger partial charge in [0.2, 0.25) is 5.91 Å². The molecule has 1 aromatic heterocycles. The Morgan fingerprint density at radius 1 is 1.33 bits per heavy atom. The van der Waals surface area contributed by atoms with Crippen molar-refractivity contribution in [2.75, 3.05) is 25.0 Å². The first-order valence-corrected chi connectivity index (χ1v) is 9.10. The van der Waals surface area contributed by atoms with E-state index in [-0.39, 0.29) is 30.0 Å². The quantitative estimate of drug-likeness (QED) is 0.693. The van der Waals surface area contributed by atoms with Crippen molar-refractivity contribution >= 4 is 27.5 Å². The molecule has 7 nitrogen and oxygen atoms in total. The number of nitrogens with one attached hydrogen (secondary N) is 2. The lowest BCUT2D eigenvalue weighted by molar-refractivity contribution is -0.131. The first-order chi connectivity index (χ1) is 12.9. The van der Waals surface area contributed by atoms with Gasteiger partial charge in [-0.25, -0.2) is 13.9 Å². The molecule has 2 N–H and O–H groups in total. The lowest BCUT2D eigenvalue weighted by atomic mass is 10.1. The van der Waals surface area contributed by atoms with E-state index in [9.17, 15) is 18.4 Å². The number of aromatic nitrogens is 2. The molecule has 0 aliphatic carbocycles. The number of carbonyl (C=O) groups excluding carboxylic acids is 1. The van der Waals surface area contributed by atoms with Crippen LogP contribution >= 0.6 is 15.9 Å². The summed E-state index contributed by atoms with van der Waals surface area (Å²) in [5.41, 5.74) is -0.116. The number of likely N-dealkylation sites (tertiary alicyclic amines) is 1. The van der Waals surface area contributed by atoms with Crippen molar-refractivity contribution in [3.63, 3.8) is 0 Å². The van der Waals surface area contributed by atoms with Gasteiger partial charge < -0.3 is 15.0 Å². The maximum absolute atomic E-state index is 13.4. The molecule has 1 aliphatic rings. The zero-order valence-corrected chi connectivity index (χ0v) is 15.8. The molecule has 1 saturated heterocycles. The Morgan fingerprint density at radius 2 is 2.04 bits per heavy atom. The van der Waals surface area contributed by atoms with Crippen LogP contribution < -0.4 is 15.6 Å². The van der Waals surface area contributed by atoms with E-state index in [1.807, 2.05) is 0 Å². The summed E-state index contributed by atoms with van der Waals surface area (Å²) in [6, 6.07) is 3.52. The molecule has 1 aliphatic heterocycles. The third kappa shape index (κ3) is 4.82. The minimum atomic E-state index is -0.974. The normalized spacial score (nSPS) is 14.9. The van der Waals surface area contributed by atoms with E-state index in [4.69, 9.17) is 4.74 Å². The summed E-state index contributed by atoms with van der Waals surface area (Å²) in [4.78, 5) is 25.5. The van der Waals surface area contributed by atoms with Crippen molar-refractivity contribution in [2.45, 2.75) is 18.9 Å². The zero-order valence-electron chi connectivity index (χ0n) is 14.2. The third-order valence-electron chi connectivity index (χ3n) is 4.22. The summed E-state index contributed by atoms with van der Waals surface area (Å²) in [7, 11) is 0. The number of amides is 1. The fourth-order valence-corrected chi connectivity index (χ4v) is 3.17. The van der Waals surface area contributed by atoms with Crippen LogP contribution in [0.4, 0.5) is 14.5 Å². The lowest BCUT2D eigenvalue weighted by Gasteiger charge is -2.32. The van der Waals surface area contributed by atoms with E-state index in [1.54, 1.807) is 4.90 Å². The molecule has 0 spiro atoms. The van der Waals surface area contributed by atoms with Gasteiger partial charge in [0.1, 0.15) is 17.5 Å². The average molecular weight is 443 g/mol. The van der Waals surface area contributed by atoms with Crippen LogP contribution in [0, 0.1) is 11.6 Å². The van der Waals surface area contributed by atoms with Gasteiger partial charge in [-0.3, -0.25) is 9.59 Å². The van der Waals surface area contributed by atoms with E-state index >= 15 is 0 Å². The summed E-state index contributed by atoms with van der Waals surface area (Å²) in [6.45, 7) is 0.936. The highest BCUT2D eigenvalue weighted by atomic mass is 79.9. The number of carbonyl (C=O) groups is 1. The standard InChI is InChI=1S/C17H17BrF2N4O3/c18-11-7-12(19)13(20)8-15(11)27-10-2-5-24(6-3-10)16(25)9-21-14-1-4-22-23-17(14)26/h1,4,7-8,10H,2-3,5-6,9H2,(H,21,22)(H,23,26). The molecule has 144 valence electrons. The Labute approximate surface area is 161 Å². The first kappa shape index (κ1) is 19.3. The highest BCUT2D eigenvalue weighted by molar-refractivity contribution is 9.10. The second-order valence-corrected chi connectivity index (χ2v) is 6.90. The Morgan fingerprint density at radius 3 is 2.74 bits per heavy atom. The summed E-state index contributed by atoms with van der Waals surface area (Å²) in [5, 5.41) is 8.66. The fraction of sp³-hybridized carbons (Fsp3) is 0.353. The molecule has 1 aromatic carbocycles. The maximum Gasteiger partial charge on any atom is 0.287 e. The van der Waals surface area contributed by atoms with Crippen LogP contribution in [0.2, 0.25) is 0 Å². The van der Waals surface area contributed by atoms with Crippen LogP contribution in [0.5, 0.6) is 5.75 Å². The fourth-order valence-electron chi connectivity index (χ4n) is 2.76. The van der Waals surface area contributed by atoms with Crippen LogP contribution in [-0.2, 0) is 4.79 Å². The second kappa shape index (κ2) is 8.47. The number of aromatic amines is 1. The molecule has 10 heteroatoms. The molecular formula is C17H17BrF2N4O3. The second-order valence-electron chi connectivity index (χ2n) is 6.05. The van der Waals surface area contributed by atoms with Crippen LogP contribution in [0.15, 0.2) is 33.7 Å².